The molecular formula is C17H21N3O5S. The van der Waals surface area contributed by atoms with Crippen LogP contribution in [-0.2, 0) is 30.8 Å². The molecule has 5 unspecified atom stereocenters. The van der Waals surface area contributed by atoms with Gasteiger partial charge in [0.05, 0.1) is 11.4 Å². The summed E-state index contributed by atoms with van der Waals surface area (Å²) in [7, 11) is 0.297. The molecule has 8 nitrogen and oxygen atoms in total. The SMILES string of the molecule is CC(C1NC(=O)C(CS(C)=O)NC1=O)C1(O)C(=O)N(C)c2ccccc21. The van der Waals surface area contributed by atoms with Gasteiger partial charge in [0.25, 0.3) is 5.91 Å². The predicted octanol–water partition coefficient (Wildman–Crippen LogP) is -1.15. The van der Waals surface area contributed by atoms with Crippen LogP contribution in [0, 0.1) is 5.92 Å². The lowest BCUT2D eigenvalue weighted by atomic mass is 9.78. The molecule has 1 saturated heterocycles. The second-order valence-corrected chi connectivity index (χ2v) is 8.20. The second kappa shape index (κ2) is 6.48. The normalized spacial score (nSPS) is 30.5. The molecule has 0 radical (unpaired) electrons. The number of hydrogen-bond acceptors (Lipinski definition) is 5. The largest absolute Gasteiger partial charge is 0.375 e. The highest BCUT2D eigenvalue weighted by molar-refractivity contribution is 7.84. The maximum Gasteiger partial charge on any atom is 0.263 e. The van der Waals surface area contributed by atoms with Gasteiger partial charge in [0.2, 0.25) is 11.8 Å². The number of amides is 3. The van der Waals surface area contributed by atoms with Gasteiger partial charge < -0.3 is 20.6 Å². The van der Waals surface area contributed by atoms with Crippen LogP contribution in [-0.4, -0.2) is 58.2 Å². The summed E-state index contributed by atoms with van der Waals surface area (Å²) in [6.07, 6.45) is 1.45. The monoisotopic (exact) mass is 379 g/mol. The zero-order chi connectivity index (χ0) is 19.2. The summed E-state index contributed by atoms with van der Waals surface area (Å²) in [6.45, 7) is 1.55. The van der Waals surface area contributed by atoms with Crippen LogP contribution in [0.5, 0.6) is 0 Å². The van der Waals surface area contributed by atoms with Crippen molar-refractivity contribution in [1.82, 2.24) is 10.6 Å². The molecule has 2 aliphatic heterocycles. The highest BCUT2D eigenvalue weighted by atomic mass is 32.2. The number of carbonyl (C=O) groups excluding carboxylic acids is 3. The number of carbonyl (C=O) groups is 3. The van der Waals surface area contributed by atoms with Gasteiger partial charge in [-0.1, -0.05) is 25.1 Å². The van der Waals surface area contributed by atoms with Crippen molar-refractivity contribution in [2.75, 3.05) is 24.0 Å². The summed E-state index contributed by atoms with van der Waals surface area (Å²) in [5.41, 5.74) is -0.964. The van der Waals surface area contributed by atoms with Crippen molar-refractivity contribution in [3.63, 3.8) is 0 Å². The number of likely N-dealkylation sites (N-methyl/N-ethyl adjacent to an activating group) is 1. The molecule has 0 spiro atoms. The molecule has 3 amide bonds. The lowest BCUT2D eigenvalue weighted by Gasteiger charge is -2.38. The molecule has 9 heteroatoms. The van der Waals surface area contributed by atoms with Crippen molar-refractivity contribution < 1.29 is 23.7 Å². The average molecular weight is 379 g/mol. The maximum absolute atomic E-state index is 12.8. The van der Waals surface area contributed by atoms with E-state index in [0.717, 1.165) is 0 Å². The Morgan fingerprint density at radius 3 is 2.54 bits per heavy atom. The zero-order valence-electron chi connectivity index (χ0n) is 14.7. The van der Waals surface area contributed by atoms with Gasteiger partial charge in [-0.2, -0.15) is 0 Å². The zero-order valence-corrected chi connectivity index (χ0v) is 15.5. The number of aliphatic hydroxyl groups is 1. The Kier molecular flexibility index (Phi) is 4.61. The van der Waals surface area contributed by atoms with E-state index >= 15 is 0 Å². The molecule has 26 heavy (non-hydrogen) atoms. The summed E-state index contributed by atoms with van der Waals surface area (Å²) in [6, 6.07) is 4.83. The Morgan fingerprint density at radius 2 is 1.88 bits per heavy atom. The Bertz CT molecular complexity index is 813. The molecule has 2 aliphatic rings. The van der Waals surface area contributed by atoms with E-state index in [1.807, 2.05) is 0 Å². The molecule has 2 heterocycles. The number of nitrogens with one attached hydrogen (secondary N) is 2. The molecule has 0 saturated carbocycles. The third kappa shape index (κ3) is 2.71. The van der Waals surface area contributed by atoms with Crippen LogP contribution in [0.25, 0.3) is 0 Å². The fraction of sp³-hybridized carbons (Fsp3) is 0.471. The van der Waals surface area contributed by atoms with E-state index < -0.39 is 52.1 Å². The minimum atomic E-state index is -1.93. The van der Waals surface area contributed by atoms with Crippen molar-refractivity contribution >= 4 is 34.2 Å². The summed E-state index contributed by atoms with van der Waals surface area (Å²) >= 11 is 0. The molecule has 0 aliphatic carbocycles. The van der Waals surface area contributed by atoms with Crippen LogP contribution in [0.15, 0.2) is 24.3 Å². The van der Waals surface area contributed by atoms with Gasteiger partial charge >= 0.3 is 0 Å². The summed E-state index contributed by atoms with van der Waals surface area (Å²) < 4.78 is 11.3. The minimum absolute atomic E-state index is 0.00738. The van der Waals surface area contributed by atoms with Gasteiger partial charge in [-0.25, -0.2) is 0 Å². The first-order valence-electron chi connectivity index (χ1n) is 8.18. The Labute approximate surface area is 153 Å². The smallest absolute Gasteiger partial charge is 0.263 e. The van der Waals surface area contributed by atoms with E-state index in [1.54, 1.807) is 38.2 Å². The van der Waals surface area contributed by atoms with Crippen LogP contribution < -0.4 is 15.5 Å². The van der Waals surface area contributed by atoms with Gasteiger partial charge in [-0.05, 0) is 6.07 Å². The van der Waals surface area contributed by atoms with Crippen LogP contribution >= 0.6 is 0 Å². The van der Waals surface area contributed by atoms with Crippen molar-refractivity contribution in [2.24, 2.45) is 5.92 Å². The highest BCUT2D eigenvalue weighted by Crippen LogP contribution is 2.45. The number of para-hydroxylation sites is 1. The Hall–Kier alpha value is -2.26. The van der Waals surface area contributed by atoms with E-state index in [2.05, 4.69) is 10.6 Å². The van der Waals surface area contributed by atoms with Crippen LogP contribution in [0.2, 0.25) is 0 Å². The van der Waals surface area contributed by atoms with Crippen molar-refractivity contribution in [3.05, 3.63) is 29.8 Å². The van der Waals surface area contributed by atoms with E-state index in [9.17, 15) is 23.7 Å². The van der Waals surface area contributed by atoms with Crippen LogP contribution in [0.3, 0.4) is 0 Å². The number of rotatable bonds is 4. The minimum Gasteiger partial charge on any atom is -0.375 e. The van der Waals surface area contributed by atoms with E-state index in [4.69, 9.17) is 0 Å². The number of anilines is 1. The molecule has 0 bridgehead atoms. The molecule has 0 aromatic heterocycles. The quantitative estimate of drug-likeness (QED) is 0.611. The molecule has 1 aromatic rings. The van der Waals surface area contributed by atoms with E-state index in [0.29, 0.717) is 11.3 Å². The van der Waals surface area contributed by atoms with Gasteiger partial charge in [-0.3, -0.25) is 18.6 Å². The maximum atomic E-state index is 12.8. The number of hydrogen-bond donors (Lipinski definition) is 3. The fourth-order valence-electron chi connectivity index (χ4n) is 3.60. The standard InChI is InChI=1S/C17H21N3O5S/c1-9(13-15(22)18-11(8-26(3)25)14(21)19-13)17(24)10-6-4-5-7-12(10)20(2)16(17)23/h4-7,9,11,13,24H,8H2,1-3H3,(H,18,22)(H,19,21). The third-order valence-corrected chi connectivity index (χ3v) is 5.88. The molecule has 3 rings (SSSR count). The van der Waals surface area contributed by atoms with Crippen molar-refractivity contribution in [2.45, 2.75) is 24.6 Å². The highest BCUT2D eigenvalue weighted by Gasteiger charge is 2.56. The van der Waals surface area contributed by atoms with Gasteiger partial charge in [0.1, 0.15) is 12.1 Å². The second-order valence-electron chi connectivity index (χ2n) is 6.72. The lowest BCUT2D eigenvalue weighted by Crippen LogP contribution is -2.67. The van der Waals surface area contributed by atoms with E-state index in [-0.39, 0.29) is 5.75 Å². The van der Waals surface area contributed by atoms with Crippen LogP contribution in [0.1, 0.15) is 12.5 Å². The molecule has 5 atom stereocenters. The molecule has 1 aromatic carbocycles. The average Bonchev–Trinajstić information content (AvgIpc) is 2.80. The molecule has 1 fully saturated rings. The lowest BCUT2D eigenvalue weighted by molar-refractivity contribution is -0.149. The molecular weight excluding hydrogens is 358 g/mol. The van der Waals surface area contributed by atoms with E-state index in [1.165, 1.54) is 11.2 Å². The molecule has 3 N–H and O–H groups in total. The number of nitrogens with zero attached hydrogens (tertiary/aromatic N) is 1. The topological polar surface area (TPSA) is 116 Å². The third-order valence-electron chi connectivity index (χ3n) is 5.08. The summed E-state index contributed by atoms with van der Waals surface area (Å²) in [4.78, 5) is 38.9. The summed E-state index contributed by atoms with van der Waals surface area (Å²) in [5.74, 6) is -2.44. The Balaban J connectivity index is 1.91. The van der Waals surface area contributed by atoms with Crippen molar-refractivity contribution in [1.29, 1.82) is 0 Å². The summed E-state index contributed by atoms with van der Waals surface area (Å²) in [5, 5.41) is 16.4. The Morgan fingerprint density at radius 1 is 1.23 bits per heavy atom. The van der Waals surface area contributed by atoms with Crippen molar-refractivity contribution in [3.8, 4) is 0 Å². The predicted molar refractivity (Wildman–Crippen MR) is 95.7 cm³/mol. The molecule has 140 valence electrons. The number of benzene rings is 1. The number of piperazine rings is 1. The first-order valence-corrected chi connectivity index (χ1v) is 9.91. The first-order chi connectivity index (χ1) is 12.2. The van der Waals surface area contributed by atoms with Gasteiger partial charge in [0.15, 0.2) is 5.60 Å². The number of fused-ring (bicyclic) bond motifs is 1. The van der Waals surface area contributed by atoms with Gasteiger partial charge in [-0.15, -0.1) is 0 Å². The fourth-order valence-corrected chi connectivity index (χ4v) is 4.30. The van der Waals surface area contributed by atoms with Gasteiger partial charge in [0, 0.05) is 35.6 Å². The van der Waals surface area contributed by atoms with Crippen LogP contribution in [0.4, 0.5) is 5.69 Å². The first kappa shape index (κ1) is 18.5.